The fourth-order valence-electron chi connectivity index (χ4n) is 3.39. The molecule has 1 aromatic carbocycles. The Morgan fingerprint density at radius 3 is 2.50 bits per heavy atom. The first-order valence-corrected chi connectivity index (χ1v) is 7.17. The minimum absolute atomic E-state index is 0.243. The fraction of sp³-hybridized carbons (Fsp3) is 0.625. The summed E-state index contributed by atoms with van der Waals surface area (Å²) < 4.78 is 5.82. The molecule has 2 saturated heterocycles. The van der Waals surface area contributed by atoms with Crippen LogP contribution in [0.15, 0.2) is 24.3 Å². The van der Waals surface area contributed by atoms with E-state index in [4.69, 9.17) is 4.74 Å². The van der Waals surface area contributed by atoms with Gasteiger partial charge in [0.05, 0.1) is 18.3 Å². The molecule has 0 saturated carbocycles. The highest BCUT2D eigenvalue weighted by atomic mass is 16.5. The summed E-state index contributed by atoms with van der Waals surface area (Å²) in [5.74, 6) is 0.356. The molecule has 2 aliphatic heterocycles. The third-order valence-electron chi connectivity index (χ3n) is 4.52. The summed E-state index contributed by atoms with van der Waals surface area (Å²) in [6.45, 7) is 2.16. The van der Waals surface area contributed by atoms with Gasteiger partial charge in [0.25, 0.3) is 0 Å². The quantitative estimate of drug-likeness (QED) is 0.885. The average molecular weight is 246 g/mol. The van der Waals surface area contributed by atoms with Crippen molar-refractivity contribution in [3.05, 3.63) is 35.4 Å². The van der Waals surface area contributed by atoms with Crippen molar-refractivity contribution in [3.63, 3.8) is 0 Å². The molecule has 4 unspecified atom stereocenters. The van der Waals surface area contributed by atoms with Gasteiger partial charge in [-0.15, -0.1) is 0 Å². The predicted octanol–water partition coefficient (Wildman–Crippen LogP) is 2.72. The molecule has 2 aliphatic rings. The number of benzene rings is 1. The Hall–Kier alpha value is -0.860. The molecule has 2 heteroatoms. The van der Waals surface area contributed by atoms with Gasteiger partial charge in [0, 0.05) is 5.92 Å². The summed E-state index contributed by atoms with van der Waals surface area (Å²) >= 11 is 0. The van der Waals surface area contributed by atoms with Gasteiger partial charge in [-0.1, -0.05) is 31.2 Å². The molecule has 0 spiro atoms. The van der Waals surface area contributed by atoms with Crippen LogP contribution in [0.25, 0.3) is 0 Å². The van der Waals surface area contributed by atoms with E-state index in [1.807, 2.05) is 0 Å². The van der Waals surface area contributed by atoms with Crippen molar-refractivity contribution in [2.45, 2.75) is 57.3 Å². The van der Waals surface area contributed by atoms with Crippen molar-refractivity contribution in [2.75, 3.05) is 0 Å². The normalized spacial score (nSPS) is 31.8. The monoisotopic (exact) mass is 246 g/mol. The smallest absolute Gasteiger partial charge is 0.0634 e. The van der Waals surface area contributed by atoms with Gasteiger partial charge in [0.1, 0.15) is 0 Å². The molecule has 98 valence electrons. The van der Waals surface area contributed by atoms with Crippen molar-refractivity contribution in [1.29, 1.82) is 0 Å². The van der Waals surface area contributed by atoms with Crippen LogP contribution in [0.5, 0.6) is 0 Å². The van der Waals surface area contributed by atoms with Crippen LogP contribution in [-0.4, -0.2) is 23.4 Å². The van der Waals surface area contributed by atoms with E-state index >= 15 is 0 Å². The molecule has 2 nitrogen and oxygen atoms in total. The Labute approximate surface area is 109 Å². The number of hydrogen-bond acceptors (Lipinski definition) is 2. The van der Waals surface area contributed by atoms with E-state index in [9.17, 15) is 5.11 Å². The predicted molar refractivity (Wildman–Crippen MR) is 71.5 cm³/mol. The van der Waals surface area contributed by atoms with Gasteiger partial charge in [-0.2, -0.15) is 0 Å². The number of aliphatic hydroxyl groups is 1. The third-order valence-corrected chi connectivity index (χ3v) is 4.52. The molecule has 0 amide bonds. The van der Waals surface area contributed by atoms with Crippen LogP contribution < -0.4 is 0 Å². The van der Waals surface area contributed by atoms with Crippen molar-refractivity contribution < 1.29 is 9.84 Å². The van der Waals surface area contributed by atoms with Crippen LogP contribution in [0.1, 0.15) is 37.3 Å². The van der Waals surface area contributed by atoms with Gasteiger partial charge in [0.2, 0.25) is 0 Å². The molecule has 18 heavy (non-hydrogen) atoms. The molecule has 3 rings (SSSR count). The van der Waals surface area contributed by atoms with Crippen LogP contribution in [0.3, 0.4) is 0 Å². The van der Waals surface area contributed by atoms with Crippen LogP contribution in [0.4, 0.5) is 0 Å². The molecule has 1 N–H and O–H groups in total. The first-order valence-electron chi connectivity index (χ1n) is 7.17. The topological polar surface area (TPSA) is 29.5 Å². The highest BCUT2D eigenvalue weighted by Crippen LogP contribution is 2.40. The zero-order valence-electron chi connectivity index (χ0n) is 11.0. The lowest BCUT2D eigenvalue weighted by molar-refractivity contribution is 0.0432. The van der Waals surface area contributed by atoms with Crippen LogP contribution in [-0.2, 0) is 17.6 Å². The minimum atomic E-state index is -0.243. The number of rotatable bonds is 4. The second-order valence-electron chi connectivity index (χ2n) is 5.71. The maximum absolute atomic E-state index is 10.4. The Balaban J connectivity index is 1.61. The standard InChI is InChI=1S/C16H22O2/c1-2-11-3-5-12(6-4-11)9-15(17)14-10-13-7-8-16(14)18-13/h3-6,13-17H,2,7-10H2,1H3. The van der Waals surface area contributed by atoms with Crippen molar-refractivity contribution in [1.82, 2.24) is 0 Å². The largest absolute Gasteiger partial charge is 0.392 e. The fourth-order valence-corrected chi connectivity index (χ4v) is 3.39. The summed E-state index contributed by atoms with van der Waals surface area (Å²) in [5.41, 5.74) is 2.60. The van der Waals surface area contributed by atoms with Gasteiger partial charge >= 0.3 is 0 Å². The number of hydrogen-bond donors (Lipinski definition) is 1. The number of aliphatic hydroxyl groups excluding tert-OH is 1. The second-order valence-corrected chi connectivity index (χ2v) is 5.71. The summed E-state index contributed by atoms with van der Waals surface area (Å²) in [4.78, 5) is 0. The van der Waals surface area contributed by atoms with Gasteiger partial charge in [0.15, 0.2) is 0 Å². The average Bonchev–Trinajstić information content (AvgIpc) is 3.02. The Kier molecular flexibility index (Phi) is 3.40. The van der Waals surface area contributed by atoms with E-state index in [-0.39, 0.29) is 6.10 Å². The van der Waals surface area contributed by atoms with E-state index in [1.165, 1.54) is 17.5 Å². The number of aryl methyl sites for hydroxylation is 1. The van der Waals surface area contributed by atoms with Gasteiger partial charge in [-0.05, 0) is 43.2 Å². The van der Waals surface area contributed by atoms with E-state index in [0.717, 1.165) is 25.7 Å². The zero-order valence-corrected chi connectivity index (χ0v) is 11.0. The molecule has 2 heterocycles. The van der Waals surface area contributed by atoms with Crippen LogP contribution in [0.2, 0.25) is 0 Å². The zero-order chi connectivity index (χ0) is 12.5. The summed E-state index contributed by atoms with van der Waals surface area (Å²) in [6.07, 6.45) is 5.73. The number of fused-ring (bicyclic) bond motifs is 2. The van der Waals surface area contributed by atoms with Gasteiger partial charge in [-0.25, -0.2) is 0 Å². The Morgan fingerprint density at radius 1 is 1.22 bits per heavy atom. The lowest BCUT2D eigenvalue weighted by Gasteiger charge is -2.24. The summed E-state index contributed by atoms with van der Waals surface area (Å²) in [6, 6.07) is 8.63. The third kappa shape index (κ3) is 2.32. The second kappa shape index (κ2) is 5.02. The van der Waals surface area contributed by atoms with E-state index in [2.05, 4.69) is 31.2 Å². The Bertz CT molecular complexity index is 398. The van der Waals surface area contributed by atoms with E-state index in [0.29, 0.717) is 18.1 Å². The van der Waals surface area contributed by atoms with Crippen molar-refractivity contribution in [2.24, 2.45) is 5.92 Å². The maximum Gasteiger partial charge on any atom is 0.0634 e. The van der Waals surface area contributed by atoms with Crippen molar-refractivity contribution in [3.8, 4) is 0 Å². The highest BCUT2D eigenvalue weighted by molar-refractivity contribution is 5.23. The molecule has 2 fully saturated rings. The first-order chi connectivity index (χ1) is 8.76. The molecular formula is C16H22O2. The van der Waals surface area contributed by atoms with Crippen LogP contribution >= 0.6 is 0 Å². The molecule has 0 aromatic heterocycles. The van der Waals surface area contributed by atoms with E-state index in [1.54, 1.807) is 0 Å². The maximum atomic E-state index is 10.4. The number of ether oxygens (including phenoxy) is 1. The lowest BCUT2D eigenvalue weighted by atomic mass is 9.83. The first kappa shape index (κ1) is 12.2. The summed E-state index contributed by atoms with van der Waals surface area (Å²) in [7, 11) is 0. The summed E-state index contributed by atoms with van der Waals surface area (Å²) in [5, 5.41) is 10.4. The minimum Gasteiger partial charge on any atom is -0.392 e. The molecular weight excluding hydrogens is 224 g/mol. The van der Waals surface area contributed by atoms with E-state index < -0.39 is 0 Å². The SMILES string of the molecule is CCc1ccc(CC(O)C2CC3CCC2O3)cc1. The van der Waals surface area contributed by atoms with Gasteiger partial charge in [-0.3, -0.25) is 0 Å². The van der Waals surface area contributed by atoms with Gasteiger partial charge < -0.3 is 9.84 Å². The Morgan fingerprint density at radius 2 is 1.94 bits per heavy atom. The van der Waals surface area contributed by atoms with Crippen molar-refractivity contribution >= 4 is 0 Å². The molecule has 2 bridgehead atoms. The van der Waals surface area contributed by atoms with Crippen LogP contribution in [0, 0.1) is 5.92 Å². The highest BCUT2D eigenvalue weighted by Gasteiger charge is 2.43. The lowest BCUT2D eigenvalue weighted by Crippen LogP contribution is -2.30. The molecule has 0 aliphatic carbocycles. The molecule has 0 radical (unpaired) electrons. The molecule has 1 aromatic rings. The molecule has 4 atom stereocenters.